The Kier molecular flexibility index (Phi) is 5.03. The summed E-state index contributed by atoms with van der Waals surface area (Å²) in [5.74, 6) is -0.431. The van der Waals surface area contributed by atoms with E-state index < -0.39 is 17.6 Å². The van der Waals surface area contributed by atoms with Gasteiger partial charge in [0.1, 0.15) is 5.01 Å². The Bertz CT molecular complexity index is 923. The van der Waals surface area contributed by atoms with Crippen LogP contribution >= 0.6 is 11.3 Å². The van der Waals surface area contributed by atoms with Gasteiger partial charge in [0, 0.05) is 17.3 Å². The number of aromatic nitrogens is 2. The molecule has 0 aliphatic carbocycles. The molecule has 0 saturated heterocycles. The quantitative estimate of drug-likeness (QED) is 0.716. The van der Waals surface area contributed by atoms with Gasteiger partial charge in [0.25, 0.3) is 0 Å². The standard InChI is InChI=1S/C18H14F3N3OS/c1-11-5-6-12(8-14(11)18(19,20)21)23-16(25)9-13-10-26-17(24-13)15-4-2-3-7-22-15/h2-8,10H,9H2,1H3,(H,23,25). The third-order valence-corrected chi connectivity index (χ3v) is 4.52. The second-order valence-electron chi connectivity index (χ2n) is 5.61. The van der Waals surface area contributed by atoms with E-state index in [1.54, 1.807) is 17.6 Å². The average molecular weight is 377 g/mol. The number of carbonyl (C=O) groups excluding carboxylic acids is 1. The molecule has 0 spiro atoms. The smallest absolute Gasteiger partial charge is 0.326 e. The molecule has 3 aromatic rings. The van der Waals surface area contributed by atoms with Crippen LogP contribution in [0.2, 0.25) is 0 Å². The van der Waals surface area contributed by atoms with E-state index >= 15 is 0 Å². The summed E-state index contributed by atoms with van der Waals surface area (Å²) < 4.78 is 38.8. The van der Waals surface area contributed by atoms with Crippen molar-refractivity contribution in [3.05, 3.63) is 64.8 Å². The summed E-state index contributed by atoms with van der Waals surface area (Å²) in [6.45, 7) is 1.38. The van der Waals surface area contributed by atoms with Crippen LogP contribution in [0.15, 0.2) is 48.0 Å². The number of halogens is 3. The van der Waals surface area contributed by atoms with Crippen LogP contribution in [0.1, 0.15) is 16.8 Å². The lowest BCUT2D eigenvalue weighted by atomic mass is 10.1. The van der Waals surface area contributed by atoms with E-state index in [4.69, 9.17) is 0 Å². The first-order valence-corrected chi connectivity index (χ1v) is 8.54. The molecule has 1 aromatic carbocycles. The molecule has 4 nitrogen and oxygen atoms in total. The largest absolute Gasteiger partial charge is 0.416 e. The van der Waals surface area contributed by atoms with Crippen LogP contribution in [-0.2, 0) is 17.4 Å². The van der Waals surface area contributed by atoms with Crippen molar-refractivity contribution < 1.29 is 18.0 Å². The number of thiazole rings is 1. The van der Waals surface area contributed by atoms with Crippen molar-refractivity contribution in [2.45, 2.75) is 19.5 Å². The zero-order valence-corrected chi connectivity index (χ0v) is 14.5. The summed E-state index contributed by atoms with van der Waals surface area (Å²) in [5.41, 5.74) is 0.693. The van der Waals surface area contributed by atoms with E-state index in [1.807, 2.05) is 12.1 Å². The van der Waals surface area contributed by atoms with E-state index in [-0.39, 0.29) is 17.7 Å². The maximum Gasteiger partial charge on any atom is 0.416 e. The Morgan fingerprint density at radius 1 is 1.23 bits per heavy atom. The van der Waals surface area contributed by atoms with E-state index in [0.29, 0.717) is 16.4 Å². The van der Waals surface area contributed by atoms with Crippen LogP contribution in [0.5, 0.6) is 0 Å². The molecule has 2 heterocycles. The molecule has 0 aliphatic heterocycles. The molecule has 8 heteroatoms. The minimum absolute atomic E-state index is 0.0292. The SMILES string of the molecule is Cc1ccc(NC(=O)Cc2csc(-c3ccccn3)n2)cc1C(F)(F)F. The zero-order chi connectivity index (χ0) is 18.7. The molecule has 1 N–H and O–H groups in total. The van der Waals surface area contributed by atoms with E-state index in [1.165, 1.54) is 30.4 Å². The van der Waals surface area contributed by atoms with Crippen LogP contribution in [-0.4, -0.2) is 15.9 Å². The maximum atomic E-state index is 12.9. The van der Waals surface area contributed by atoms with Gasteiger partial charge in [-0.25, -0.2) is 4.98 Å². The number of hydrogen-bond donors (Lipinski definition) is 1. The third-order valence-electron chi connectivity index (χ3n) is 3.60. The number of nitrogens with zero attached hydrogens (tertiary/aromatic N) is 2. The Balaban J connectivity index is 1.69. The number of carbonyl (C=O) groups is 1. The lowest BCUT2D eigenvalue weighted by molar-refractivity contribution is -0.138. The first kappa shape index (κ1) is 18.1. The number of alkyl halides is 3. The summed E-state index contributed by atoms with van der Waals surface area (Å²) in [5, 5.41) is 4.91. The minimum atomic E-state index is -4.46. The van der Waals surface area contributed by atoms with Crippen molar-refractivity contribution in [3.8, 4) is 10.7 Å². The topological polar surface area (TPSA) is 54.9 Å². The van der Waals surface area contributed by atoms with Crippen molar-refractivity contribution in [3.63, 3.8) is 0 Å². The molecule has 0 atom stereocenters. The summed E-state index contributed by atoms with van der Waals surface area (Å²) in [6, 6.07) is 9.17. The molecule has 0 unspecified atom stereocenters. The molecular formula is C18H14F3N3OS. The lowest BCUT2D eigenvalue weighted by Crippen LogP contribution is -2.16. The number of aryl methyl sites for hydroxylation is 1. The molecular weight excluding hydrogens is 363 g/mol. The van der Waals surface area contributed by atoms with Crippen LogP contribution in [0, 0.1) is 6.92 Å². The van der Waals surface area contributed by atoms with Crippen LogP contribution in [0.25, 0.3) is 10.7 Å². The number of rotatable bonds is 4. The average Bonchev–Trinajstić information content (AvgIpc) is 3.05. The van der Waals surface area contributed by atoms with Gasteiger partial charge in [0.2, 0.25) is 5.91 Å². The van der Waals surface area contributed by atoms with Gasteiger partial charge in [-0.05, 0) is 36.8 Å². The number of anilines is 1. The predicted octanol–water partition coefficient (Wildman–Crippen LogP) is 4.71. The Morgan fingerprint density at radius 3 is 2.73 bits per heavy atom. The van der Waals surface area contributed by atoms with Gasteiger partial charge in [-0.2, -0.15) is 13.2 Å². The fourth-order valence-corrected chi connectivity index (χ4v) is 3.17. The highest BCUT2D eigenvalue weighted by atomic mass is 32.1. The monoisotopic (exact) mass is 377 g/mol. The summed E-state index contributed by atoms with van der Waals surface area (Å²) in [4.78, 5) is 20.7. The fourth-order valence-electron chi connectivity index (χ4n) is 2.37. The first-order chi connectivity index (χ1) is 12.3. The Labute approximate surface area is 151 Å². The number of pyridine rings is 1. The van der Waals surface area contributed by atoms with E-state index in [9.17, 15) is 18.0 Å². The molecule has 0 radical (unpaired) electrons. The fraction of sp³-hybridized carbons (Fsp3) is 0.167. The summed E-state index contributed by atoms with van der Waals surface area (Å²) >= 11 is 1.36. The summed E-state index contributed by atoms with van der Waals surface area (Å²) in [7, 11) is 0. The van der Waals surface area contributed by atoms with Crippen molar-refractivity contribution in [2.75, 3.05) is 5.32 Å². The predicted molar refractivity (Wildman–Crippen MR) is 93.9 cm³/mol. The lowest BCUT2D eigenvalue weighted by Gasteiger charge is -2.12. The van der Waals surface area contributed by atoms with Gasteiger partial charge < -0.3 is 5.32 Å². The molecule has 26 heavy (non-hydrogen) atoms. The molecule has 0 fully saturated rings. The third kappa shape index (κ3) is 4.26. The maximum absolute atomic E-state index is 12.9. The van der Waals surface area contributed by atoms with Gasteiger partial charge in [0.15, 0.2) is 0 Å². The molecule has 0 saturated carbocycles. The van der Waals surface area contributed by atoms with Gasteiger partial charge in [-0.3, -0.25) is 9.78 Å². The molecule has 2 aromatic heterocycles. The highest BCUT2D eigenvalue weighted by molar-refractivity contribution is 7.13. The first-order valence-electron chi connectivity index (χ1n) is 7.66. The van der Waals surface area contributed by atoms with Gasteiger partial charge in [-0.15, -0.1) is 11.3 Å². The minimum Gasteiger partial charge on any atom is -0.326 e. The second-order valence-corrected chi connectivity index (χ2v) is 6.47. The number of benzene rings is 1. The molecule has 0 aliphatic rings. The van der Waals surface area contributed by atoms with Crippen molar-refractivity contribution in [1.29, 1.82) is 0 Å². The molecule has 1 amide bonds. The molecule has 3 rings (SSSR count). The van der Waals surface area contributed by atoms with Gasteiger partial charge in [-0.1, -0.05) is 12.1 Å². The van der Waals surface area contributed by atoms with Crippen LogP contribution in [0.4, 0.5) is 18.9 Å². The van der Waals surface area contributed by atoms with Crippen molar-refractivity contribution in [2.24, 2.45) is 0 Å². The van der Waals surface area contributed by atoms with Gasteiger partial charge >= 0.3 is 6.18 Å². The number of amides is 1. The van der Waals surface area contributed by atoms with E-state index in [0.717, 1.165) is 6.07 Å². The van der Waals surface area contributed by atoms with Crippen LogP contribution in [0.3, 0.4) is 0 Å². The van der Waals surface area contributed by atoms with Crippen molar-refractivity contribution >= 4 is 22.9 Å². The van der Waals surface area contributed by atoms with Gasteiger partial charge in [0.05, 0.1) is 23.4 Å². The normalized spacial score (nSPS) is 11.4. The van der Waals surface area contributed by atoms with Crippen molar-refractivity contribution in [1.82, 2.24) is 9.97 Å². The second kappa shape index (κ2) is 7.25. The number of hydrogen-bond acceptors (Lipinski definition) is 4. The molecule has 0 bridgehead atoms. The Hall–Kier alpha value is -2.74. The van der Waals surface area contributed by atoms with Crippen LogP contribution < -0.4 is 5.32 Å². The summed E-state index contributed by atoms with van der Waals surface area (Å²) in [6.07, 6.45) is -2.84. The Morgan fingerprint density at radius 2 is 2.04 bits per heavy atom. The molecule has 134 valence electrons. The highest BCUT2D eigenvalue weighted by Crippen LogP contribution is 2.33. The number of nitrogens with one attached hydrogen (secondary N) is 1. The highest BCUT2D eigenvalue weighted by Gasteiger charge is 2.32. The van der Waals surface area contributed by atoms with E-state index in [2.05, 4.69) is 15.3 Å². The zero-order valence-electron chi connectivity index (χ0n) is 13.7.